The van der Waals surface area contributed by atoms with Gasteiger partial charge in [0, 0.05) is 24.5 Å². The van der Waals surface area contributed by atoms with Crippen LogP contribution >= 0.6 is 22.9 Å². The van der Waals surface area contributed by atoms with Crippen LogP contribution in [0.1, 0.15) is 5.56 Å². The normalized spacial score (nSPS) is 11.0. The van der Waals surface area contributed by atoms with Crippen molar-refractivity contribution < 1.29 is 5.11 Å². The van der Waals surface area contributed by atoms with E-state index in [-0.39, 0.29) is 11.0 Å². The summed E-state index contributed by atoms with van der Waals surface area (Å²) in [4.78, 5) is 11.8. The van der Waals surface area contributed by atoms with Crippen LogP contribution in [0.5, 0.6) is 5.75 Å². The molecule has 4 nitrogen and oxygen atoms in total. The van der Waals surface area contributed by atoms with Crippen molar-refractivity contribution in [2.24, 2.45) is 0 Å². The highest BCUT2D eigenvalue weighted by molar-refractivity contribution is 7.17. The van der Waals surface area contributed by atoms with Crippen LogP contribution in [0.4, 0.5) is 5.82 Å². The molecule has 0 bridgehead atoms. The smallest absolute Gasteiger partial charge is 0.225 e. The lowest BCUT2D eigenvalue weighted by molar-refractivity contribution is 0.475. The highest BCUT2D eigenvalue weighted by Gasteiger charge is 2.17. The number of halogens is 1. The summed E-state index contributed by atoms with van der Waals surface area (Å²) in [6.45, 7) is 0.646. The van der Waals surface area contributed by atoms with Crippen molar-refractivity contribution in [2.75, 3.05) is 11.9 Å². The zero-order valence-corrected chi connectivity index (χ0v) is 15.6. The average molecular weight is 382 g/mol. The minimum atomic E-state index is 0.242. The number of rotatable bonds is 4. The van der Waals surface area contributed by atoms with Gasteiger partial charge >= 0.3 is 0 Å². The maximum Gasteiger partial charge on any atom is 0.225 e. The lowest BCUT2D eigenvalue weighted by Crippen LogP contribution is -2.18. The van der Waals surface area contributed by atoms with Crippen molar-refractivity contribution in [1.82, 2.24) is 9.97 Å². The van der Waals surface area contributed by atoms with Crippen LogP contribution in [-0.4, -0.2) is 22.1 Å². The van der Waals surface area contributed by atoms with Crippen LogP contribution in [0.3, 0.4) is 0 Å². The molecule has 130 valence electrons. The summed E-state index contributed by atoms with van der Waals surface area (Å²) in [7, 11) is 1.98. The molecule has 0 aliphatic heterocycles. The fourth-order valence-electron chi connectivity index (χ4n) is 2.95. The van der Waals surface area contributed by atoms with E-state index in [4.69, 9.17) is 11.6 Å². The number of nitrogens with zero attached hydrogens (tertiary/aromatic N) is 3. The number of aromatic nitrogens is 2. The first-order valence-electron chi connectivity index (χ1n) is 8.11. The summed E-state index contributed by atoms with van der Waals surface area (Å²) in [5, 5.41) is 12.8. The first-order chi connectivity index (χ1) is 12.6. The second-order valence-electron chi connectivity index (χ2n) is 6.03. The predicted molar refractivity (Wildman–Crippen MR) is 108 cm³/mol. The molecule has 0 radical (unpaired) electrons. The van der Waals surface area contributed by atoms with Gasteiger partial charge in [-0.25, -0.2) is 4.98 Å². The van der Waals surface area contributed by atoms with E-state index in [0.717, 1.165) is 32.7 Å². The molecule has 2 heterocycles. The Hall–Kier alpha value is -2.63. The topological polar surface area (TPSA) is 49.2 Å². The van der Waals surface area contributed by atoms with E-state index in [2.05, 4.69) is 32.4 Å². The molecule has 0 fully saturated rings. The Morgan fingerprint density at radius 2 is 1.77 bits per heavy atom. The van der Waals surface area contributed by atoms with Crippen LogP contribution in [0.25, 0.3) is 21.3 Å². The summed E-state index contributed by atoms with van der Waals surface area (Å²) < 4.78 is 0. The quantitative estimate of drug-likeness (QED) is 0.484. The van der Waals surface area contributed by atoms with E-state index >= 15 is 0 Å². The van der Waals surface area contributed by atoms with Gasteiger partial charge in [-0.05, 0) is 34.9 Å². The monoisotopic (exact) mass is 381 g/mol. The Balaban J connectivity index is 1.80. The van der Waals surface area contributed by atoms with Crippen molar-refractivity contribution in [1.29, 1.82) is 0 Å². The first kappa shape index (κ1) is 16.8. The number of hydrogen-bond acceptors (Lipinski definition) is 5. The van der Waals surface area contributed by atoms with Crippen molar-refractivity contribution in [3.63, 3.8) is 0 Å². The zero-order valence-electron chi connectivity index (χ0n) is 14.1. The van der Waals surface area contributed by atoms with Gasteiger partial charge in [-0.15, -0.1) is 11.3 Å². The maximum absolute atomic E-state index is 9.47. The predicted octanol–water partition coefficient (Wildman–Crippen LogP) is 5.35. The van der Waals surface area contributed by atoms with Crippen LogP contribution < -0.4 is 4.90 Å². The summed E-state index contributed by atoms with van der Waals surface area (Å²) >= 11 is 7.74. The number of aromatic hydroxyl groups is 1. The first-order valence-corrected chi connectivity index (χ1v) is 9.37. The average Bonchev–Trinajstić information content (AvgIpc) is 3.07. The summed E-state index contributed by atoms with van der Waals surface area (Å²) in [6.07, 6.45) is 0. The standard InChI is InChI=1S/C20H16ClN3OS/c1-24(11-13-7-9-15(25)10-8-13)18-17-16(14-5-3-2-4-6-14)12-26-19(17)23-20(21)22-18/h2-10,12,25H,11H2,1H3. The molecule has 6 heteroatoms. The maximum atomic E-state index is 9.47. The molecule has 0 atom stereocenters. The SMILES string of the molecule is CN(Cc1ccc(O)cc1)c1nc(Cl)nc2scc(-c3ccccc3)c12. The Bertz CT molecular complexity index is 1050. The van der Waals surface area contributed by atoms with Gasteiger partial charge in [-0.1, -0.05) is 42.5 Å². The van der Waals surface area contributed by atoms with Crippen LogP contribution in [-0.2, 0) is 6.54 Å². The van der Waals surface area contributed by atoms with Gasteiger partial charge in [-0.3, -0.25) is 0 Å². The van der Waals surface area contributed by atoms with Gasteiger partial charge in [-0.2, -0.15) is 4.98 Å². The minimum Gasteiger partial charge on any atom is -0.508 e. The van der Waals surface area contributed by atoms with E-state index in [1.54, 1.807) is 23.5 Å². The third kappa shape index (κ3) is 3.23. The van der Waals surface area contributed by atoms with Gasteiger partial charge in [0.25, 0.3) is 0 Å². The third-order valence-electron chi connectivity index (χ3n) is 4.19. The van der Waals surface area contributed by atoms with E-state index in [0.29, 0.717) is 6.54 Å². The van der Waals surface area contributed by atoms with E-state index < -0.39 is 0 Å². The van der Waals surface area contributed by atoms with Crippen molar-refractivity contribution in [3.05, 3.63) is 70.8 Å². The van der Waals surface area contributed by atoms with Crippen molar-refractivity contribution in [2.45, 2.75) is 6.54 Å². The molecule has 0 amide bonds. The van der Waals surface area contributed by atoms with E-state index in [1.165, 1.54) is 0 Å². The molecule has 0 aliphatic rings. The van der Waals surface area contributed by atoms with E-state index in [1.807, 2.05) is 37.4 Å². The summed E-state index contributed by atoms with van der Waals surface area (Å²) in [6, 6.07) is 17.4. The van der Waals surface area contributed by atoms with Gasteiger partial charge in [0.15, 0.2) is 0 Å². The van der Waals surface area contributed by atoms with Crippen molar-refractivity contribution >= 4 is 39.0 Å². The fourth-order valence-corrected chi connectivity index (χ4v) is 4.11. The van der Waals surface area contributed by atoms with Gasteiger partial charge < -0.3 is 10.0 Å². The Kier molecular flexibility index (Phi) is 4.49. The molecule has 4 rings (SSSR count). The number of hydrogen-bond donors (Lipinski definition) is 1. The largest absolute Gasteiger partial charge is 0.508 e. The number of phenols is 1. The summed E-state index contributed by atoms with van der Waals surface area (Å²) in [5.74, 6) is 1.06. The van der Waals surface area contributed by atoms with Crippen LogP contribution in [0, 0.1) is 0 Å². The second-order valence-corrected chi connectivity index (χ2v) is 7.23. The third-order valence-corrected chi connectivity index (χ3v) is 5.23. The molecule has 1 N–H and O–H groups in total. The molecule has 26 heavy (non-hydrogen) atoms. The number of benzene rings is 2. The highest BCUT2D eigenvalue weighted by atomic mass is 35.5. The number of anilines is 1. The Labute approximate surface area is 160 Å². The molecule has 0 unspecified atom stereocenters. The van der Waals surface area contributed by atoms with Gasteiger partial charge in [0.05, 0.1) is 5.39 Å². The zero-order chi connectivity index (χ0) is 18.1. The lowest BCUT2D eigenvalue weighted by atomic mass is 10.1. The lowest BCUT2D eigenvalue weighted by Gasteiger charge is -2.20. The summed E-state index contributed by atoms with van der Waals surface area (Å²) in [5.41, 5.74) is 3.31. The van der Waals surface area contributed by atoms with Gasteiger partial charge in [0.1, 0.15) is 16.4 Å². The molecular formula is C20H16ClN3OS. The molecule has 2 aromatic carbocycles. The molecular weight excluding hydrogens is 366 g/mol. The minimum absolute atomic E-state index is 0.242. The van der Waals surface area contributed by atoms with E-state index in [9.17, 15) is 5.11 Å². The highest BCUT2D eigenvalue weighted by Crippen LogP contribution is 2.38. The van der Waals surface area contributed by atoms with Crippen molar-refractivity contribution in [3.8, 4) is 16.9 Å². The number of fused-ring (bicyclic) bond motifs is 1. The Morgan fingerprint density at radius 3 is 2.50 bits per heavy atom. The second kappa shape index (κ2) is 6.94. The molecule has 4 aromatic rings. The fraction of sp³-hybridized carbons (Fsp3) is 0.100. The van der Waals surface area contributed by atoms with Crippen LogP contribution in [0.2, 0.25) is 5.28 Å². The molecule has 0 saturated carbocycles. The molecule has 0 saturated heterocycles. The van der Waals surface area contributed by atoms with Crippen LogP contribution in [0.15, 0.2) is 60.0 Å². The number of thiophene rings is 1. The van der Waals surface area contributed by atoms with Gasteiger partial charge in [0.2, 0.25) is 5.28 Å². The molecule has 0 aliphatic carbocycles. The molecule has 2 aromatic heterocycles. The Morgan fingerprint density at radius 1 is 1.04 bits per heavy atom. The molecule has 0 spiro atoms. The number of phenolic OH excluding ortho intramolecular Hbond substituents is 1.